The summed E-state index contributed by atoms with van der Waals surface area (Å²) in [5.41, 5.74) is -2.88. The number of alkyl halides is 5. The number of benzene rings is 2. The van der Waals surface area contributed by atoms with Gasteiger partial charge in [-0.15, -0.1) is 0 Å². The Kier molecular flexibility index (Phi) is 8.14. The van der Waals surface area contributed by atoms with Crippen LogP contribution in [0.5, 0.6) is 5.75 Å². The molecule has 1 saturated carbocycles. The molecule has 188 valence electrons. The van der Waals surface area contributed by atoms with E-state index in [4.69, 9.17) is 0 Å². The van der Waals surface area contributed by atoms with Gasteiger partial charge in [-0.3, -0.25) is 0 Å². The lowest BCUT2D eigenvalue weighted by atomic mass is 9.78. The molecule has 0 aromatic heterocycles. The molecular formula is C25H26F8O. The fraction of sp³-hybridized carbons (Fsp3) is 0.520. The molecule has 1 nitrogen and oxygen atoms in total. The molecular weight excluding hydrogens is 468 g/mol. The number of ether oxygens (including phenoxy) is 1. The number of hydrogen-bond donors (Lipinski definition) is 0. The van der Waals surface area contributed by atoms with Gasteiger partial charge in [0.15, 0.2) is 0 Å². The molecule has 0 aliphatic heterocycles. The summed E-state index contributed by atoms with van der Waals surface area (Å²) in [6.45, 7) is 2.17. The fourth-order valence-corrected chi connectivity index (χ4v) is 4.62. The SMILES string of the molecule is CCC[C@H]1CC[C@H](CCc2ccc(C(F)(F)Oc3cc(F)c(C(F)(F)F)c(F)c3)c(F)c2)CC1. The average Bonchev–Trinajstić information content (AvgIpc) is 2.71. The number of halogens is 8. The first-order chi connectivity index (χ1) is 15.9. The molecule has 1 aliphatic carbocycles. The van der Waals surface area contributed by atoms with E-state index in [2.05, 4.69) is 11.7 Å². The van der Waals surface area contributed by atoms with E-state index < -0.39 is 46.6 Å². The van der Waals surface area contributed by atoms with Crippen LogP contribution in [0.4, 0.5) is 35.1 Å². The molecule has 34 heavy (non-hydrogen) atoms. The molecule has 0 atom stereocenters. The van der Waals surface area contributed by atoms with Gasteiger partial charge in [0.1, 0.15) is 28.8 Å². The van der Waals surface area contributed by atoms with Crippen molar-refractivity contribution in [2.75, 3.05) is 0 Å². The largest absolute Gasteiger partial charge is 0.429 e. The van der Waals surface area contributed by atoms with Crippen LogP contribution in [-0.4, -0.2) is 0 Å². The summed E-state index contributed by atoms with van der Waals surface area (Å²) < 4.78 is 113. The first kappa shape index (κ1) is 26.3. The molecule has 0 amide bonds. The molecule has 2 aromatic carbocycles. The van der Waals surface area contributed by atoms with Crippen molar-refractivity contribution in [1.82, 2.24) is 0 Å². The Morgan fingerprint density at radius 3 is 1.85 bits per heavy atom. The number of rotatable bonds is 8. The van der Waals surface area contributed by atoms with E-state index in [-0.39, 0.29) is 12.1 Å². The summed E-state index contributed by atoms with van der Waals surface area (Å²) in [6, 6.07) is 3.08. The third kappa shape index (κ3) is 6.42. The van der Waals surface area contributed by atoms with E-state index in [1.807, 2.05) is 0 Å². The van der Waals surface area contributed by atoms with Crippen molar-refractivity contribution in [1.29, 1.82) is 0 Å². The van der Waals surface area contributed by atoms with Crippen LogP contribution >= 0.6 is 0 Å². The molecule has 0 bridgehead atoms. The van der Waals surface area contributed by atoms with E-state index in [1.165, 1.54) is 25.3 Å². The Morgan fingerprint density at radius 2 is 1.35 bits per heavy atom. The lowest BCUT2D eigenvalue weighted by molar-refractivity contribution is -0.187. The Labute approximate surface area is 193 Å². The van der Waals surface area contributed by atoms with Crippen LogP contribution in [0.3, 0.4) is 0 Å². The Morgan fingerprint density at radius 1 is 0.794 bits per heavy atom. The highest BCUT2D eigenvalue weighted by atomic mass is 19.4. The zero-order chi connectivity index (χ0) is 25.1. The van der Waals surface area contributed by atoms with E-state index in [9.17, 15) is 35.1 Å². The molecule has 0 unspecified atom stereocenters. The Balaban J connectivity index is 1.66. The van der Waals surface area contributed by atoms with Gasteiger partial charge in [0.25, 0.3) is 0 Å². The van der Waals surface area contributed by atoms with Crippen LogP contribution in [0.15, 0.2) is 30.3 Å². The van der Waals surface area contributed by atoms with E-state index in [0.717, 1.165) is 43.7 Å². The molecule has 3 rings (SSSR count). The summed E-state index contributed by atoms with van der Waals surface area (Å²) in [5.74, 6) is -5.44. The monoisotopic (exact) mass is 494 g/mol. The smallest absolute Gasteiger partial charge is 0.429 e. The Hall–Kier alpha value is -2.32. The van der Waals surface area contributed by atoms with Gasteiger partial charge in [-0.25, -0.2) is 13.2 Å². The van der Waals surface area contributed by atoms with Crippen molar-refractivity contribution in [3.05, 3.63) is 64.5 Å². The predicted octanol–water partition coefficient (Wildman–Crippen LogP) is 8.79. The van der Waals surface area contributed by atoms with Crippen LogP contribution in [0.2, 0.25) is 0 Å². The van der Waals surface area contributed by atoms with Crippen molar-refractivity contribution in [3.63, 3.8) is 0 Å². The van der Waals surface area contributed by atoms with Crippen molar-refractivity contribution in [2.45, 2.75) is 70.6 Å². The topological polar surface area (TPSA) is 9.23 Å². The summed E-state index contributed by atoms with van der Waals surface area (Å²) >= 11 is 0. The van der Waals surface area contributed by atoms with E-state index in [1.54, 1.807) is 0 Å². The van der Waals surface area contributed by atoms with Crippen molar-refractivity contribution in [2.24, 2.45) is 11.8 Å². The van der Waals surface area contributed by atoms with Crippen molar-refractivity contribution >= 4 is 0 Å². The van der Waals surface area contributed by atoms with Gasteiger partial charge in [0.05, 0.1) is 5.56 Å². The predicted molar refractivity (Wildman–Crippen MR) is 111 cm³/mol. The normalized spacial score (nSPS) is 19.3. The minimum Gasteiger partial charge on any atom is -0.429 e. The first-order valence-corrected chi connectivity index (χ1v) is 11.3. The molecule has 1 fully saturated rings. The maximum atomic E-state index is 14.5. The van der Waals surface area contributed by atoms with Gasteiger partial charge >= 0.3 is 12.3 Å². The maximum Gasteiger partial charge on any atom is 0.429 e. The first-order valence-electron chi connectivity index (χ1n) is 11.3. The molecule has 0 N–H and O–H groups in total. The zero-order valence-corrected chi connectivity index (χ0v) is 18.6. The van der Waals surface area contributed by atoms with Gasteiger partial charge < -0.3 is 4.74 Å². The fourth-order valence-electron chi connectivity index (χ4n) is 4.62. The average molecular weight is 494 g/mol. The standard InChI is InChI=1S/C25H26F8O/c1-2-3-15-4-6-16(7-5-15)8-9-17-10-11-19(20(26)12-17)25(32,33)34-18-13-21(27)23(22(28)14-18)24(29,30)31/h10-16H,2-9H2,1H3/t15-,16-. The summed E-state index contributed by atoms with van der Waals surface area (Å²) in [6.07, 6.45) is -1.48. The molecule has 0 heterocycles. The molecule has 0 spiro atoms. The second-order valence-electron chi connectivity index (χ2n) is 8.91. The Bertz CT molecular complexity index is 954. The van der Waals surface area contributed by atoms with Gasteiger partial charge in [-0.05, 0) is 42.4 Å². The second kappa shape index (κ2) is 10.5. The lowest BCUT2D eigenvalue weighted by Crippen LogP contribution is -2.24. The molecule has 0 saturated heterocycles. The molecule has 0 radical (unpaired) electrons. The van der Waals surface area contributed by atoms with Gasteiger partial charge in [-0.2, -0.15) is 22.0 Å². The van der Waals surface area contributed by atoms with E-state index in [0.29, 0.717) is 17.9 Å². The van der Waals surface area contributed by atoms with Crippen molar-refractivity contribution in [3.8, 4) is 5.75 Å². The molecule has 2 aromatic rings. The van der Waals surface area contributed by atoms with Crippen LogP contribution in [0.1, 0.15) is 68.6 Å². The van der Waals surface area contributed by atoms with Crippen LogP contribution in [-0.2, 0) is 18.7 Å². The van der Waals surface area contributed by atoms with Crippen LogP contribution < -0.4 is 4.74 Å². The molecule has 1 aliphatic rings. The van der Waals surface area contributed by atoms with E-state index >= 15 is 0 Å². The quantitative estimate of drug-likeness (QED) is 0.333. The van der Waals surface area contributed by atoms with Crippen molar-refractivity contribution < 1.29 is 39.9 Å². The highest BCUT2D eigenvalue weighted by Crippen LogP contribution is 2.39. The highest BCUT2D eigenvalue weighted by molar-refractivity contribution is 5.34. The van der Waals surface area contributed by atoms with Gasteiger partial charge in [0.2, 0.25) is 0 Å². The minimum atomic E-state index is -5.36. The van der Waals surface area contributed by atoms with Crippen LogP contribution in [0, 0.1) is 29.3 Å². The number of aryl methyl sites for hydroxylation is 1. The third-order valence-corrected chi connectivity index (χ3v) is 6.40. The van der Waals surface area contributed by atoms with Gasteiger partial charge in [-0.1, -0.05) is 51.5 Å². The summed E-state index contributed by atoms with van der Waals surface area (Å²) in [4.78, 5) is 0. The third-order valence-electron chi connectivity index (χ3n) is 6.40. The lowest BCUT2D eigenvalue weighted by Gasteiger charge is -2.28. The maximum absolute atomic E-state index is 14.5. The number of hydrogen-bond acceptors (Lipinski definition) is 1. The zero-order valence-electron chi connectivity index (χ0n) is 18.6. The highest BCUT2D eigenvalue weighted by Gasteiger charge is 2.41. The van der Waals surface area contributed by atoms with Gasteiger partial charge in [0, 0.05) is 12.1 Å². The minimum absolute atomic E-state index is 0.0126. The summed E-state index contributed by atoms with van der Waals surface area (Å²) in [7, 11) is 0. The van der Waals surface area contributed by atoms with Crippen LogP contribution in [0.25, 0.3) is 0 Å². The molecule has 9 heteroatoms. The summed E-state index contributed by atoms with van der Waals surface area (Å²) in [5, 5.41) is 0. The second-order valence-corrected chi connectivity index (χ2v) is 8.91.